The van der Waals surface area contributed by atoms with Gasteiger partial charge in [0.2, 0.25) is 0 Å². The van der Waals surface area contributed by atoms with Crippen LogP contribution in [-0.2, 0) is 6.54 Å². The van der Waals surface area contributed by atoms with Crippen molar-refractivity contribution < 1.29 is 0 Å². The van der Waals surface area contributed by atoms with Gasteiger partial charge >= 0.3 is 0 Å². The zero-order chi connectivity index (χ0) is 10.7. The Morgan fingerprint density at radius 1 is 1.43 bits per heavy atom. The van der Waals surface area contributed by atoms with Gasteiger partial charge in [0.15, 0.2) is 0 Å². The zero-order valence-electron chi connectivity index (χ0n) is 9.57. The van der Waals surface area contributed by atoms with E-state index in [1.807, 2.05) is 12.4 Å². The van der Waals surface area contributed by atoms with Crippen LogP contribution in [0.4, 0.5) is 0 Å². The highest BCUT2D eigenvalue weighted by Crippen LogP contribution is 2.25. The van der Waals surface area contributed by atoms with E-state index >= 15 is 0 Å². The maximum Gasteiger partial charge on any atom is 0.113 e. The molecule has 1 aromatic rings. The van der Waals surface area contributed by atoms with Gasteiger partial charge in [-0.2, -0.15) is 0 Å². The van der Waals surface area contributed by atoms with E-state index in [1.165, 1.54) is 0 Å². The second-order valence-corrected chi connectivity index (χ2v) is 4.20. The van der Waals surface area contributed by atoms with Crippen LogP contribution >= 0.6 is 0 Å². The number of nitrogens with two attached hydrogens (primary N) is 1. The van der Waals surface area contributed by atoms with E-state index in [2.05, 4.69) is 37.2 Å². The molecule has 0 aromatic carbocycles. The van der Waals surface area contributed by atoms with Crippen molar-refractivity contribution in [1.82, 2.24) is 9.55 Å². The number of imidazole rings is 1. The van der Waals surface area contributed by atoms with E-state index in [9.17, 15) is 0 Å². The Morgan fingerprint density at radius 3 is 2.50 bits per heavy atom. The van der Waals surface area contributed by atoms with Crippen molar-refractivity contribution >= 4 is 0 Å². The molecule has 0 amide bonds. The monoisotopic (exact) mass is 195 g/mol. The van der Waals surface area contributed by atoms with Crippen LogP contribution in [-0.4, -0.2) is 15.6 Å². The van der Waals surface area contributed by atoms with Crippen LogP contribution in [0.2, 0.25) is 0 Å². The molecule has 1 aromatic heterocycles. The van der Waals surface area contributed by atoms with E-state index < -0.39 is 0 Å². The Kier molecular flexibility index (Phi) is 3.69. The quantitative estimate of drug-likeness (QED) is 0.798. The van der Waals surface area contributed by atoms with Crippen molar-refractivity contribution in [2.24, 2.45) is 11.7 Å². The Labute approximate surface area is 86.3 Å². The zero-order valence-corrected chi connectivity index (χ0v) is 9.57. The number of aromatic nitrogens is 2. The molecule has 1 rings (SSSR count). The SMILES string of the molecule is CCn1ccnc1C(C(C)C)C(C)N. The van der Waals surface area contributed by atoms with Crippen molar-refractivity contribution in [3.05, 3.63) is 18.2 Å². The standard InChI is InChI=1S/C11H21N3/c1-5-14-7-6-13-11(14)10(8(2)3)9(4)12/h6-10H,5,12H2,1-4H3. The summed E-state index contributed by atoms with van der Waals surface area (Å²) in [6.45, 7) is 9.54. The average Bonchev–Trinajstić information content (AvgIpc) is 2.51. The van der Waals surface area contributed by atoms with Gasteiger partial charge in [-0.15, -0.1) is 0 Å². The minimum atomic E-state index is 0.155. The van der Waals surface area contributed by atoms with Gasteiger partial charge in [-0.3, -0.25) is 0 Å². The Balaban J connectivity index is 2.98. The molecule has 3 heteroatoms. The Morgan fingerprint density at radius 2 is 2.07 bits per heavy atom. The largest absolute Gasteiger partial charge is 0.335 e. The number of hydrogen-bond donors (Lipinski definition) is 1. The highest BCUT2D eigenvalue weighted by molar-refractivity contribution is 5.04. The Hall–Kier alpha value is -0.830. The molecule has 0 bridgehead atoms. The summed E-state index contributed by atoms with van der Waals surface area (Å²) in [5, 5.41) is 0. The number of nitrogens with zero attached hydrogens (tertiary/aromatic N) is 2. The van der Waals surface area contributed by atoms with Crippen LogP contribution in [0, 0.1) is 5.92 Å². The lowest BCUT2D eigenvalue weighted by molar-refractivity contribution is 0.403. The number of rotatable bonds is 4. The summed E-state index contributed by atoms with van der Waals surface area (Å²) < 4.78 is 2.17. The van der Waals surface area contributed by atoms with Gasteiger partial charge in [0, 0.05) is 30.9 Å². The van der Waals surface area contributed by atoms with Crippen molar-refractivity contribution in [2.45, 2.75) is 46.2 Å². The van der Waals surface area contributed by atoms with Crippen LogP contribution < -0.4 is 5.73 Å². The number of hydrogen-bond acceptors (Lipinski definition) is 2. The predicted octanol–water partition coefficient (Wildman–Crippen LogP) is 1.99. The summed E-state index contributed by atoms with van der Waals surface area (Å²) in [5.41, 5.74) is 6.00. The molecule has 2 N–H and O–H groups in total. The molecule has 0 aliphatic heterocycles. The Bertz CT molecular complexity index is 268. The molecule has 0 saturated carbocycles. The summed E-state index contributed by atoms with van der Waals surface area (Å²) in [6.07, 6.45) is 3.88. The molecular formula is C11H21N3. The topological polar surface area (TPSA) is 43.8 Å². The fourth-order valence-corrected chi connectivity index (χ4v) is 2.03. The summed E-state index contributed by atoms with van der Waals surface area (Å²) in [5.74, 6) is 2.00. The second-order valence-electron chi connectivity index (χ2n) is 4.20. The molecule has 0 saturated heterocycles. The molecule has 0 fully saturated rings. The average molecular weight is 195 g/mol. The molecule has 1 heterocycles. The lowest BCUT2D eigenvalue weighted by Gasteiger charge is -2.24. The van der Waals surface area contributed by atoms with Gasteiger partial charge in [0.05, 0.1) is 0 Å². The molecule has 14 heavy (non-hydrogen) atoms. The van der Waals surface area contributed by atoms with Gasteiger partial charge in [-0.1, -0.05) is 13.8 Å². The summed E-state index contributed by atoms with van der Waals surface area (Å²) in [4.78, 5) is 4.41. The van der Waals surface area contributed by atoms with Gasteiger partial charge in [0.1, 0.15) is 5.82 Å². The summed E-state index contributed by atoms with van der Waals surface area (Å²) in [6, 6.07) is 0.155. The maximum atomic E-state index is 6.00. The van der Waals surface area contributed by atoms with Crippen LogP contribution in [0.5, 0.6) is 0 Å². The minimum absolute atomic E-state index is 0.155. The van der Waals surface area contributed by atoms with E-state index in [1.54, 1.807) is 0 Å². The molecule has 2 atom stereocenters. The summed E-state index contributed by atoms with van der Waals surface area (Å²) >= 11 is 0. The second kappa shape index (κ2) is 4.60. The van der Waals surface area contributed by atoms with Crippen LogP contribution in [0.3, 0.4) is 0 Å². The first-order valence-corrected chi connectivity index (χ1v) is 5.34. The first kappa shape index (κ1) is 11.2. The van der Waals surface area contributed by atoms with Crippen molar-refractivity contribution in [2.75, 3.05) is 0 Å². The fraction of sp³-hybridized carbons (Fsp3) is 0.727. The molecule has 0 aliphatic carbocycles. The molecular weight excluding hydrogens is 174 g/mol. The van der Waals surface area contributed by atoms with Crippen molar-refractivity contribution in [1.29, 1.82) is 0 Å². The molecule has 2 unspecified atom stereocenters. The fourth-order valence-electron chi connectivity index (χ4n) is 2.03. The van der Waals surface area contributed by atoms with E-state index in [-0.39, 0.29) is 6.04 Å². The minimum Gasteiger partial charge on any atom is -0.335 e. The third-order valence-corrected chi connectivity index (χ3v) is 2.67. The van der Waals surface area contributed by atoms with E-state index in [4.69, 9.17) is 5.73 Å². The summed E-state index contributed by atoms with van der Waals surface area (Å²) in [7, 11) is 0. The first-order valence-electron chi connectivity index (χ1n) is 5.34. The third kappa shape index (κ3) is 2.15. The normalized spacial score (nSPS) is 15.9. The highest BCUT2D eigenvalue weighted by Gasteiger charge is 2.23. The van der Waals surface area contributed by atoms with Crippen LogP contribution in [0.1, 0.15) is 39.4 Å². The maximum absolute atomic E-state index is 6.00. The van der Waals surface area contributed by atoms with Crippen molar-refractivity contribution in [3.63, 3.8) is 0 Å². The van der Waals surface area contributed by atoms with Gasteiger partial charge in [-0.25, -0.2) is 4.98 Å². The van der Waals surface area contributed by atoms with Gasteiger partial charge in [-0.05, 0) is 19.8 Å². The molecule has 0 spiro atoms. The molecule has 80 valence electrons. The van der Waals surface area contributed by atoms with Crippen LogP contribution in [0.15, 0.2) is 12.4 Å². The first-order chi connectivity index (χ1) is 6.57. The van der Waals surface area contributed by atoms with E-state index in [0.29, 0.717) is 11.8 Å². The van der Waals surface area contributed by atoms with Gasteiger partial charge in [0.25, 0.3) is 0 Å². The lowest BCUT2D eigenvalue weighted by atomic mass is 9.89. The molecule has 3 nitrogen and oxygen atoms in total. The highest BCUT2D eigenvalue weighted by atomic mass is 15.1. The van der Waals surface area contributed by atoms with Crippen molar-refractivity contribution in [3.8, 4) is 0 Å². The molecule has 0 radical (unpaired) electrons. The smallest absolute Gasteiger partial charge is 0.113 e. The molecule has 0 aliphatic rings. The van der Waals surface area contributed by atoms with Gasteiger partial charge < -0.3 is 10.3 Å². The van der Waals surface area contributed by atoms with Crippen LogP contribution in [0.25, 0.3) is 0 Å². The number of aryl methyl sites for hydroxylation is 1. The van der Waals surface area contributed by atoms with E-state index in [0.717, 1.165) is 12.4 Å². The predicted molar refractivity (Wildman–Crippen MR) is 59.1 cm³/mol. The third-order valence-electron chi connectivity index (χ3n) is 2.67. The lowest BCUT2D eigenvalue weighted by Crippen LogP contribution is -2.30.